The third-order valence-corrected chi connectivity index (χ3v) is 2.27. The lowest BCUT2D eigenvalue weighted by Gasteiger charge is -2.07. The van der Waals surface area contributed by atoms with Gasteiger partial charge in [-0.1, -0.05) is 12.1 Å². The van der Waals surface area contributed by atoms with Crippen molar-refractivity contribution in [3.8, 4) is 11.5 Å². The highest BCUT2D eigenvalue weighted by molar-refractivity contribution is 6.03. The van der Waals surface area contributed by atoms with E-state index in [1.807, 2.05) is 0 Å². The van der Waals surface area contributed by atoms with Gasteiger partial charge in [-0.2, -0.15) is 0 Å². The van der Waals surface area contributed by atoms with Crippen LogP contribution in [0.25, 0.3) is 11.5 Å². The van der Waals surface area contributed by atoms with E-state index >= 15 is 0 Å². The van der Waals surface area contributed by atoms with Crippen LogP contribution in [0.5, 0.6) is 0 Å². The van der Waals surface area contributed by atoms with Crippen LogP contribution in [0.15, 0.2) is 28.7 Å². The van der Waals surface area contributed by atoms with Crippen LogP contribution in [-0.2, 0) is 9.59 Å². The zero-order chi connectivity index (χ0) is 13.8. The smallest absolute Gasteiger partial charge is 0.312 e. The van der Waals surface area contributed by atoms with Gasteiger partial charge in [-0.05, 0) is 12.1 Å². The van der Waals surface area contributed by atoms with Gasteiger partial charge in [-0.15, -0.1) is 10.2 Å². The lowest BCUT2D eigenvalue weighted by Crippen LogP contribution is -2.16. The van der Waals surface area contributed by atoms with E-state index in [0.29, 0.717) is 17.1 Å². The Morgan fingerprint density at radius 2 is 2.05 bits per heavy atom. The Morgan fingerprint density at radius 1 is 1.32 bits per heavy atom. The molecule has 1 aromatic heterocycles. The lowest BCUT2D eigenvalue weighted by molar-refractivity contribution is -0.139. The number of aryl methyl sites for hydroxylation is 1. The summed E-state index contributed by atoms with van der Waals surface area (Å²) in [6.07, 6.45) is -0.600. The van der Waals surface area contributed by atoms with Gasteiger partial charge in [0.25, 0.3) is 0 Å². The SMILES string of the molecule is Cc1nnc(-c2ccccc2NC(=O)CC(=O)O)o1. The Hall–Kier alpha value is -2.70. The number of hydrogen-bond acceptors (Lipinski definition) is 5. The first-order valence-corrected chi connectivity index (χ1v) is 5.47. The normalized spacial score (nSPS) is 10.2. The van der Waals surface area contributed by atoms with E-state index in [4.69, 9.17) is 9.52 Å². The number of carbonyl (C=O) groups is 2. The molecule has 7 heteroatoms. The number of carbonyl (C=O) groups excluding carboxylic acids is 1. The van der Waals surface area contributed by atoms with Crippen LogP contribution in [0.4, 0.5) is 5.69 Å². The first-order valence-electron chi connectivity index (χ1n) is 5.47. The Labute approximate surface area is 108 Å². The van der Waals surface area contributed by atoms with Crippen LogP contribution >= 0.6 is 0 Å². The van der Waals surface area contributed by atoms with Crippen LogP contribution in [0.3, 0.4) is 0 Å². The molecular formula is C12H11N3O4. The van der Waals surface area contributed by atoms with E-state index in [0.717, 1.165) is 0 Å². The third-order valence-electron chi connectivity index (χ3n) is 2.27. The molecule has 0 atom stereocenters. The van der Waals surface area contributed by atoms with Crippen molar-refractivity contribution in [1.29, 1.82) is 0 Å². The fourth-order valence-corrected chi connectivity index (χ4v) is 1.52. The highest BCUT2D eigenvalue weighted by atomic mass is 16.4. The van der Waals surface area contributed by atoms with E-state index < -0.39 is 18.3 Å². The summed E-state index contributed by atoms with van der Waals surface area (Å²) in [7, 11) is 0. The largest absolute Gasteiger partial charge is 0.481 e. The van der Waals surface area contributed by atoms with E-state index in [2.05, 4.69) is 15.5 Å². The van der Waals surface area contributed by atoms with Gasteiger partial charge in [0.1, 0.15) is 6.42 Å². The average Bonchev–Trinajstić information content (AvgIpc) is 2.75. The van der Waals surface area contributed by atoms with Crippen LogP contribution < -0.4 is 5.32 Å². The van der Waals surface area contributed by atoms with Crippen LogP contribution in [-0.4, -0.2) is 27.2 Å². The van der Waals surface area contributed by atoms with Gasteiger partial charge < -0.3 is 14.8 Å². The summed E-state index contributed by atoms with van der Waals surface area (Å²) >= 11 is 0. The Bertz CT molecular complexity index is 621. The molecule has 98 valence electrons. The van der Waals surface area contributed by atoms with E-state index in [1.54, 1.807) is 31.2 Å². The quantitative estimate of drug-likeness (QED) is 0.807. The number of nitrogens with zero attached hydrogens (tertiary/aromatic N) is 2. The summed E-state index contributed by atoms with van der Waals surface area (Å²) in [5.74, 6) is -1.13. The molecule has 2 rings (SSSR count). The van der Waals surface area contributed by atoms with Crippen molar-refractivity contribution in [2.45, 2.75) is 13.3 Å². The van der Waals surface area contributed by atoms with Gasteiger partial charge in [0.2, 0.25) is 17.7 Å². The zero-order valence-corrected chi connectivity index (χ0v) is 10.1. The van der Waals surface area contributed by atoms with Crippen molar-refractivity contribution in [2.75, 3.05) is 5.32 Å². The highest BCUT2D eigenvalue weighted by Gasteiger charge is 2.14. The van der Waals surface area contributed by atoms with Crippen molar-refractivity contribution >= 4 is 17.6 Å². The first kappa shape index (κ1) is 12.7. The molecule has 0 spiro atoms. The summed E-state index contributed by atoms with van der Waals surface area (Å²) in [4.78, 5) is 21.9. The first-order chi connectivity index (χ1) is 9.06. The molecule has 0 unspecified atom stereocenters. The molecule has 1 amide bonds. The van der Waals surface area contributed by atoms with Crippen molar-refractivity contribution < 1.29 is 19.1 Å². The molecule has 2 aromatic rings. The number of aromatic nitrogens is 2. The summed E-state index contributed by atoms with van der Waals surface area (Å²) < 4.78 is 5.28. The molecule has 0 fully saturated rings. The molecule has 0 aliphatic heterocycles. The fourth-order valence-electron chi connectivity index (χ4n) is 1.52. The Kier molecular flexibility index (Phi) is 3.56. The minimum atomic E-state index is -1.19. The zero-order valence-electron chi connectivity index (χ0n) is 10.1. The van der Waals surface area contributed by atoms with Crippen molar-refractivity contribution in [2.24, 2.45) is 0 Å². The van der Waals surface area contributed by atoms with Crippen molar-refractivity contribution in [3.05, 3.63) is 30.2 Å². The number of rotatable bonds is 4. The Balaban J connectivity index is 2.26. The number of carboxylic acid groups (broad SMARTS) is 1. The number of para-hydroxylation sites is 1. The molecule has 1 heterocycles. The second kappa shape index (κ2) is 5.30. The minimum Gasteiger partial charge on any atom is -0.481 e. The number of benzene rings is 1. The molecule has 0 saturated carbocycles. The maximum Gasteiger partial charge on any atom is 0.312 e. The molecule has 2 N–H and O–H groups in total. The van der Waals surface area contributed by atoms with E-state index in [-0.39, 0.29) is 5.89 Å². The van der Waals surface area contributed by atoms with Gasteiger partial charge >= 0.3 is 5.97 Å². The van der Waals surface area contributed by atoms with Crippen molar-refractivity contribution in [3.63, 3.8) is 0 Å². The molecule has 0 saturated heterocycles. The van der Waals surface area contributed by atoms with Crippen LogP contribution in [0.1, 0.15) is 12.3 Å². The molecule has 0 aliphatic rings. The molecule has 7 nitrogen and oxygen atoms in total. The number of anilines is 1. The summed E-state index contributed by atoms with van der Waals surface area (Å²) in [6.45, 7) is 1.65. The van der Waals surface area contributed by atoms with Gasteiger partial charge in [-0.25, -0.2) is 0 Å². The molecule has 0 radical (unpaired) electrons. The van der Waals surface area contributed by atoms with Gasteiger partial charge in [0.15, 0.2) is 0 Å². The fraction of sp³-hybridized carbons (Fsp3) is 0.167. The molecule has 0 aliphatic carbocycles. The molecule has 19 heavy (non-hydrogen) atoms. The minimum absolute atomic E-state index is 0.267. The number of carboxylic acids is 1. The van der Waals surface area contributed by atoms with Crippen LogP contribution in [0.2, 0.25) is 0 Å². The topological polar surface area (TPSA) is 105 Å². The van der Waals surface area contributed by atoms with Gasteiger partial charge in [0.05, 0.1) is 11.3 Å². The van der Waals surface area contributed by atoms with Crippen molar-refractivity contribution in [1.82, 2.24) is 10.2 Å². The number of nitrogens with one attached hydrogen (secondary N) is 1. The Morgan fingerprint density at radius 3 is 2.68 bits per heavy atom. The van der Waals surface area contributed by atoms with E-state index in [9.17, 15) is 9.59 Å². The number of amides is 1. The predicted octanol–water partition coefficient (Wildman–Crippen LogP) is 1.46. The maximum absolute atomic E-state index is 11.5. The maximum atomic E-state index is 11.5. The molecule has 0 bridgehead atoms. The van der Waals surface area contributed by atoms with Gasteiger partial charge in [-0.3, -0.25) is 9.59 Å². The monoisotopic (exact) mass is 261 g/mol. The predicted molar refractivity (Wildman–Crippen MR) is 65.4 cm³/mol. The average molecular weight is 261 g/mol. The van der Waals surface area contributed by atoms with E-state index in [1.165, 1.54) is 0 Å². The molecule has 1 aromatic carbocycles. The van der Waals surface area contributed by atoms with Crippen LogP contribution in [0, 0.1) is 6.92 Å². The number of hydrogen-bond donors (Lipinski definition) is 2. The third kappa shape index (κ3) is 3.15. The lowest BCUT2D eigenvalue weighted by atomic mass is 10.1. The second-order valence-electron chi connectivity index (χ2n) is 3.79. The summed E-state index contributed by atoms with van der Waals surface area (Å²) in [5, 5.41) is 18.6. The van der Waals surface area contributed by atoms with Gasteiger partial charge in [0, 0.05) is 6.92 Å². The summed E-state index contributed by atoms with van der Waals surface area (Å²) in [5.41, 5.74) is 0.972. The highest BCUT2D eigenvalue weighted by Crippen LogP contribution is 2.26. The summed E-state index contributed by atoms with van der Waals surface area (Å²) in [6, 6.07) is 6.79. The molecular weight excluding hydrogens is 250 g/mol. The number of aliphatic carboxylic acids is 1. The standard InChI is InChI=1S/C12H11N3O4/c1-7-14-15-12(19-7)8-4-2-3-5-9(8)13-10(16)6-11(17)18/h2-5H,6H2,1H3,(H,13,16)(H,17,18). The second-order valence-corrected chi connectivity index (χ2v) is 3.79.